The number of fused-ring (bicyclic) bond motifs is 1. The zero-order valence-corrected chi connectivity index (χ0v) is 16.4. The number of carbonyl (C=O) groups is 1. The average molecular weight is 373 g/mol. The fourth-order valence-corrected chi connectivity index (χ4v) is 5.15. The normalized spacial score (nSPS) is 30.1. The molecule has 0 aliphatic carbocycles. The van der Waals surface area contributed by atoms with Crippen LogP contribution in [0.25, 0.3) is 0 Å². The Hall–Kier alpha value is -1.43. The van der Waals surface area contributed by atoms with Gasteiger partial charge in [-0.3, -0.25) is 9.69 Å². The molecule has 0 spiro atoms. The van der Waals surface area contributed by atoms with Crippen molar-refractivity contribution in [3.05, 3.63) is 35.4 Å². The molecule has 2 unspecified atom stereocenters. The molecule has 1 aromatic rings. The number of benzene rings is 1. The van der Waals surface area contributed by atoms with Crippen LogP contribution < -0.4 is 0 Å². The molecule has 5 nitrogen and oxygen atoms in total. The van der Waals surface area contributed by atoms with E-state index in [4.69, 9.17) is 4.74 Å². The number of ether oxygens (including phenoxy) is 1. The number of hydrogen-bond acceptors (Lipinski definition) is 4. The summed E-state index contributed by atoms with van der Waals surface area (Å²) < 4.78 is 5.46. The largest absolute Gasteiger partial charge is 0.389 e. The molecule has 3 aliphatic rings. The third-order valence-corrected chi connectivity index (χ3v) is 6.98. The minimum Gasteiger partial charge on any atom is -0.389 e. The molecule has 0 aromatic heterocycles. The van der Waals surface area contributed by atoms with Crippen LogP contribution in [0.1, 0.15) is 37.3 Å². The number of carbonyl (C=O) groups excluding carboxylic acids is 1. The van der Waals surface area contributed by atoms with Crippen LogP contribution in [0.2, 0.25) is 0 Å². The molecule has 2 atom stereocenters. The summed E-state index contributed by atoms with van der Waals surface area (Å²) in [4.78, 5) is 17.1. The van der Waals surface area contributed by atoms with Crippen LogP contribution in [0.15, 0.2) is 24.3 Å². The van der Waals surface area contributed by atoms with Crippen molar-refractivity contribution < 1.29 is 14.6 Å². The molecule has 27 heavy (non-hydrogen) atoms. The van der Waals surface area contributed by atoms with Gasteiger partial charge in [0.05, 0.1) is 12.1 Å². The Bertz CT molecular complexity index is 673. The minimum atomic E-state index is -0.648. The van der Waals surface area contributed by atoms with Crippen molar-refractivity contribution in [3.63, 3.8) is 0 Å². The van der Waals surface area contributed by atoms with Crippen LogP contribution in [0.5, 0.6) is 0 Å². The highest BCUT2D eigenvalue weighted by Crippen LogP contribution is 2.39. The molecule has 3 heterocycles. The second-order valence-electron chi connectivity index (χ2n) is 8.60. The summed E-state index contributed by atoms with van der Waals surface area (Å²) in [6, 6.07) is 8.53. The quantitative estimate of drug-likeness (QED) is 0.883. The van der Waals surface area contributed by atoms with Crippen LogP contribution in [-0.2, 0) is 22.5 Å². The number of aliphatic hydroxyl groups is 1. The van der Waals surface area contributed by atoms with Gasteiger partial charge in [-0.1, -0.05) is 31.2 Å². The second kappa shape index (κ2) is 7.90. The Balaban J connectivity index is 1.33. The van der Waals surface area contributed by atoms with Gasteiger partial charge in [0.25, 0.3) is 0 Å². The van der Waals surface area contributed by atoms with Crippen LogP contribution >= 0.6 is 0 Å². The van der Waals surface area contributed by atoms with Crippen LogP contribution in [0.4, 0.5) is 0 Å². The molecule has 1 aromatic carbocycles. The number of amides is 1. The lowest BCUT2D eigenvalue weighted by molar-refractivity contribution is -0.152. The highest BCUT2D eigenvalue weighted by atomic mass is 16.5. The Morgan fingerprint density at radius 1 is 1.22 bits per heavy atom. The van der Waals surface area contributed by atoms with Crippen molar-refractivity contribution in [1.82, 2.24) is 9.80 Å². The van der Waals surface area contributed by atoms with Gasteiger partial charge in [0.15, 0.2) is 0 Å². The van der Waals surface area contributed by atoms with Gasteiger partial charge in [0, 0.05) is 45.3 Å². The van der Waals surface area contributed by atoms with Crippen LogP contribution in [-0.4, -0.2) is 65.8 Å². The summed E-state index contributed by atoms with van der Waals surface area (Å²) in [5.41, 5.74) is 2.11. The first kappa shape index (κ1) is 18.9. The van der Waals surface area contributed by atoms with Crippen molar-refractivity contribution >= 4 is 5.91 Å². The lowest BCUT2D eigenvalue weighted by Crippen LogP contribution is -2.58. The van der Waals surface area contributed by atoms with E-state index in [1.165, 1.54) is 11.1 Å². The molecule has 0 saturated carbocycles. The first-order chi connectivity index (χ1) is 13.1. The lowest BCUT2D eigenvalue weighted by Gasteiger charge is -2.48. The zero-order chi connectivity index (χ0) is 18.9. The number of likely N-dealkylation sites (tertiary alicyclic amines) is 1. The number of nitrogens with zero attached hydrogens (tertiary/aromatic N) is 2. The third-order valence-electron chi connectivity index (χ3n) is 6.98. The van der Waals surface area contributed by atoms with Gasteiger partial charge in [-0.2, -0.15) is 0 Å². The molecule has 2 saturated heterocycles. The van der Waals surface area contributed by atoms with Crippen molar-refractivity contribution in [2.75, 3.05) is 39.4 Å². The van der Waals surface area contributed by atoms with Crippen molar-refractivity contribution in [2.24, 2.45) is 11.8 Å². The molecule has 5 heteroatoms. The SMILES string of the molecule is CC1CN(C(=O)CN2CCc3ccccc3C2)CCC1(O)C1CCOCC1. The van der Waals surface area contributed by atoms with E-state index >= 15 is 0 Å². The summed E-state index contributed by atoms with van der Waals surface area (Å²) in [5, 5.41) is 11.3. The van der Waals surface area contributed by atoms with Gasteiger partial charge in [0.1, 0.15) is 0 Å². The minimum absolute atomic E-state index is 0.111. The summed E-state index contributed by atoms with van der Waals surface area (Å²) in [6.07, 6.45) is 3.57. The average Bonchev–Trinajstić information content (AvgIpc) is 2.70. The summed E-state index contributed by atoms with van der Waals surface area (Å²) in [6.45, 7) is 7.22. The monoisotopic (exact) mass is 372 g/mol. The molecule has 0 radical (unpaired) electrons. The molecule has 4 rings (SSSR count). The second-order valence-corrected chi connectivity index (χ2v) is 8.60. The van der Waals surface area contributed by atoms with Crippen molar-refractivity contribution in [3.8, 4) is 0 Å². The number of piperidine rings is 1. The smallest absolute Gasteiger partial charge is 0.236 e. The van der Waals surface area contributed by atoms with E-state index in [0.29, 0.717) is 32.0 Å². The Labute approximate surface area is 162 Å². The van der Waals surface area contributed by atoms with Gasteiger partial charge in [-0.05, 0) is 42.7 Å². The molecule has 1 N–H and O–H groups in total. The maximum Gasteiger partial charge on any atom is 0.236 e. The number of hydrogen-bond donors (Lipinski definition) is 1. The van der Waals surface area contributed by atoms with E-state index in [2.05, 4.69) is 36.1 Å². The fraction of sp³-hybridized carbons (Fsp3) is 0.682. The van der Waals surface area contributed by atoms with E-state index in [1.54, 1.807) is 0 Å². The number of rotatable bonds is 3. The topological polar surface area (TPSA) is 53.0 Å². The molecule has 1 amide bonds. The lowest BCUT2D eigenvalue weighted by atomic mass is 9.70. The van der Waals surface area contributed by atoms with Crippen LogP contribution in [0.3, 0.4) is 0 Å². The first-order valence-electron chi connectivity index (χ1n) is 10.4. The molecule has 3 aliphatic heterocycles. The standard InChI is InChI=1S/C22H32N2O3/c1-17-14-24(11-9-22(17,26)20-7-12-27-13-8-20)21(25)16-23-10-6-18-4-2-3-5-19(18)15-23/h2-5,17,20,26H,6-16H2,1H3. The van der Waals surface area contributed by atoms with E-state index in [1.807, 2.05) is 4.90 Å². The van der Waals surface area contributed by atoms with Gasteiger partial charge < -0.3 is 14.7 Å². The van der Waals surface area contributed by atoms with Crippen molar-refractivity contribution in [1.29, 1.82) is 0 Å². The van der Waals surface area contributed by atoms with E-state index in [-0.39, 0.29) is 11.8 Å². The van der Waals surface area contributed by atoms with Gasteiger partial charge in [-0.15, -0.1) is 0 Å². The van der Waals surface area contributed by atoms with E-state index in [0.717, 1.165) is 45.6 Å². The fourth-order valence-electron chi connectivity index (χ4n) is 5.15. The first-order valence-corrected chi connectivity index (χ1v) is 10.4. The third kappa shape index (κ3) is 3.91. The summed E-state index contributed by atoms with van der Waals surface area (Å²) in [7, 11) is 0. The van der Waals surface area contributed by atoms with Crippen LogP contribution in [0, 0.1) is 11.8 Å². The zero-order valence-electron chi connectivity index (χ0n) is 16.4. The van der Waals surface area contributed by atoms with Gasteiger partial charge in [-0.25, -0.2) is 0 Å². The predicted octanol–water partition coefficient (Wildman–Crippen LogP) is 2.07. The van der Waals surface area contributed by atoms with E-state index < -0.39 is 5.60 Å². The highest BCUT2D eigenvalue weighted by molar-refractivity contribution is 5.78. The Kier molecular flexibility index (Phi) is 5.53. The molecule has 0 bridgehead atoms. The Morgan fingerprint density at radius 3 is 2.70 bits per heavy atom. The van der Waals surface area contributed by atoms with E-state index in [9.17, 15) is 9.90 Å². The van der Waals surface area contributed by atoms with Crippen molar-refractivity contribution in [2.45, 2.75) is 44.8 Å². The summed E-state index contributed by atoms with van der Waals surface area (Å²) in [5.74, 6) is 0.618. The molecule has 2 fully saturated rings. The molecular formula is C22H32N2O3. The van der Waals surface area contributed by atoms with Gasteiger partial charge in [0.2, 0.25) is 5.91 Å². The maximum atomic E-state index is 12.9. The Morgan fingerprint density at radius 2 is 1.96 bits per heavy atom. The summed E-state index contributed by atoms with van der Waals surface area (Å²) >= 11 is 0. The highest BCUT2D eigenvalue weighted by Gasteiger charge is 2.46. The molecule has 148 valence electrons. The maximum absolute atomic E-state index is 12.9. The van der Waals surface area contributed by atoms with Gasteiger partial charge >= 0.3 is 0 Å². The predicted molar refractivity (Wildman–Crippen MR) is 104 cm³/mol. The molecular weight excluding hydrogens is 340 g/mol.